The fraction of sp³-hybridized carbons (Fsp3) is 0.200. The van der Waals surface area contributed by atoms with Crippen LogP contribution >= 0.6 is 0 Å². The van der Waals surface area contributed by atoms with E-state index in [1.807, 2.05) is 0 Å². The maximum absolute atomic E-state index is 2.31. The first-order chi connectivity index (χ1) is 7.79. The van der Waals surface area contributed by atoms with Crippen molar-refractivity contribution in [3.8, 4) is 0 Å². The second kappa shape index (κ2) is 5.22. The van der Waals surface area contributed by atoms with Crippen LogP contribution in [0.3, 0.4) is 0 Å². The molecule has 0 fully saturated rings. The van der Waals surface area contributed by atoms with Gasteiger partial charge in [-0.15, -0.1) is 0 Å². The lowest BCUT2D eigenvalue weighted by Gasteiger charge is -2.14. The van der Waals surface area contributed by atoms with Crippen molar-refractivity contribution in [3.05, 3.63) is 71.8 Å². The van der Waals surface area contributed by atoms with Crippen LogP contribution in [-0.4, -0.2) is 12.5 Å². The second-order valence-electron chi connectivity index (χ2n) is 4.08. The summed E-state index contributed by atoms with van der Waals surface area (Å²) in [5.74, 6) is 0. The van der Waals surface area contributed by atoms with Crippen LogP contribution in [0.5, 0.6) is 0 Å². The molecule has 0 spiro atoms. The SMILES string of the molecule is C[S+](C)C(c1ccccc1)c1ccccc1. The molecular weight excluding hydrogens is 212 g/mol. The molecule has 0 aliphatic carbocycles. The van der Waals surface area contributed by atoms with Crippen LogP contribution < -0.4 is 0 Å². The lowest BCUT2D eigenvalue weighted by molar-refractivity contribution is 1.15. The summed E-state index contributed by atoms with van der Waals surface area (Å²) in [6.07, 6.45) is 4.62. The molecule has 16 heavy (non-hydrogen) atoms. The van der Waals surface area contributed by atoms with Gasteiger partial charge in [0.05, 0.1) is 12.5 Å². The van der Waals surface area contributed by atoms with Gasteiger partial charge >= 0.3 is 0 Å². The molecule has 1 heteroatoms. The van der Waals surface area contributed by atoms with E-state index in [-0.39, 0.29) is 0 Å². The molecule has 0 unspecified atom stereocenters. The van der Waals surface area contributed by atoms with E-state index in [9.17, 15) is 0 Å². The minimum atomic E-state index is 0.345. The Kier molecular flexibility index (Phi) is 3.68. The summed E-state index contributed by atoms with van der Waals surface area (Å²) < 4.78 is 0. The lowest BCUT2D eigenvalue weighted by atomic mass is 10.0. The van der Waals surface area contributed by atoms with Gasteiger partial charge in [-0.3, -0.25) is 0 Å². The van der Waals surface area contributed by atoms with E-state index in [1.165, 1.54) is 11.1 Å². The van der Waals surface area contributed by atoms with Gasteiger partial charge in [0.15, 0.2) is 5.25 Å². The van der Waals surface area contributed by atoms with Gasteiger partial charge in [0.2, 0.25) is 0 Å². The molecule has 0 bridgehead atoms. The average molecular weight is 229 g/mol. The molecule has 0 aromatic heterocycles. The Labute approximate surface area is 101 Å². The Morgan fingerprint density at radius 2 is 1.06 bits per heavy atom. The largest absolute Gasteiger partial charge is 0.167 e. The van der Waals surface area contributed by atoms with Crippen molar-refractivity contribution in [2.45, 2.75) is 5.25 Å². The van der Waals surface area contributed by atoms with Gasteiger partial charge in [-0.05, 0) is 10.9 Å². The number of rotatable bonds is 3. The molecule has 2 rings (SSSR count). The van der Waals surface area contributed by atoms with E-state index < -0.39 is 0 Å². The highest BCUT2D eigenvalue weighted by atomic mass is 32.2. The first-order valence-electron chi connectivity index (χ1n) is 5.45. The maximum atomic E-state index is 2.31. The normalized spacial score (nSPS) is 11.0. The van der Waals surface area contributed by atoms with Gasteiger partial charge < -0.3 is 0 Å². The molecule has 0 aliphatic heterocycles. The predicted octanol–water partition coefficient (Wildman–Crippen LogP) is 3.65. The molecule has 0 saturated carbocycles. The Morgan fingerprint density at radius 3 is 1.38 bits per heavy atom. The predicted molar refractivity (Wildman–Crippen MR) is 73.9 cm³/mol. The lowest BCUT2D eigenvalue weighted by Crippen LogP contribution is -2.11. The van der Waals surface area contributed by atoms with E-state index in [4.69, 9.17) is 0 Å². The number of hydrogen-bond donors (Lipinski definition) is 0. The van der Waals surface area contributed by atoms with Gasteiger partial charge in [0.25, 0.3) is 0 Å². The Balaban J connectivity index is 2.40. The van der Waals surface area contributed by atoms with Crippen molar-refractivity contribution in [2.24, 2.45) is 0 Å². The quantitative estimate of drug-likeness (QED) is 0.705. The summed E-state index contributed by atoms with van der Waals surface area (Å²) >= 11 is 0. The van der Waals surface area contributed by atoms with Crippen molar-refractivity contribution in [1.82, 2.24) is 0 Å². The zero-order valence-corrected chi connectivity index (χ0v) is 10.6. The molecule has 0 amide bonds. The monoisotopic (exact) mass is 229 g/mol. The van der Waals surface area contributed by atoms with Gasteiger partial charge in [0, 0.05) is 11.1 Å². The first-order valence-corrected chi connectivity index (χ1v) is 7.56. The van der Waals surface area contributed by atoms with Crippen molar-refractivity contribution in [3.63, 3.8) is 0 Å². The molecule has 82 valence electrons. The molecule has 0 radical (unpaired) electrons. The minimum Gasteiger partial charge on any atom is -0.0622 e. The third-order valence-corrected chi connectivity index (χ3v) is 4.16. The summed E-state index contributed by atoms with van der Waals surface area (Å²) in [5.41, 5.74) is 2.84. The Hall–Kier alpha value is -1.21. The highest BCUT2D eigenvalue weighted by molar-refractivity contribution is 7.95. The second-order valence-corrected chi connectivity index (χ2v) is 6.31. The number of hydrogen-bond acceptors (Lipinski definition) is 0. The molecule has 0 saturated heterocycles. The average Bonchev–Trinajstić information content (AvgIpc) is 2.31. The van der Waals surface area contributed by atoms with Crippen molar-refractivity contribution in [1.29, 1.82) is 0 Å². The van der Waals surface area contributed by atoms with Crippen molar-refractivity contribution in [2.75, 3.05) is 12.5 Å². The maximum Gasteiger partial charge on any atom is 0.167 e. The van der Waals surface area contributed by atoms with Crippen LogP contribution in [0.15, 0.2) is 60.7 Å². The van der Waals surface area contributed by atoms with Gasteiger partial charge in [-0.2, -0.15) is 0 Å². The molecule has 0 atom stereocenters. The fourth-order valence-electron chi connectivity index (χ4n) is 1.99. The standard InChI is InChI=1S/C15H17S/c1-16(2)15(13-9-5-3-6-10-13)14-11-7-4-8-12-14/h3-12,15H,1-2H3/q+1. The van der Waals surface area contributed by atoms with Crippen LogP contribution in [-0.2, 0) is 10.9 Å². The summed E-state index contributed by atoms with van der Waals surface area (Å²) in [5, 5.41) is 0.530. The van der Waals surface area contributed by atoms with E-state index in [1.54, 1.807) is 0 Å². The van der Waals surface area contributed by atoms with Crippen molar-refractivity contribution < 1.29 is 0 Å². The minimum absolute atomic E-state index is 0.345. The van der Waals surface area contributed by atoms with E-state index in [0.717, 1.165) is 0 Å². The van der Waals surface area contributed by atoms with Crippen LogP contribution in [0.4, 0.5) is 0 Å². The van der Waals surface area contributed by atoms with Gasteiger partial charge in [0.1, 0.15) is 0 Å². The van der Waals surface area contributed by atoms with E-state index in [2.05, 4.69) is 73.2 Å². The summed E-state index contributed by atoms with van der Waals surface area (Å²) in [6, 6.07) is 21.6. The van der Waals surface area contributed by atoms with Crippen LogP contribution in [0.2, 0.25) is 0 Å². The topological polar surface area (TPSA) is 0 Å². The molecule has 2 aromatic carbocycles. The zero-order valence-electron chi connectivity index (χ0n) is 9.76. The summed E-state index contributed by atoms with van der Waals surface area (Å²) in [6.45, 7) is 0. The highest BCUT2D eigenvalue weighted by Gasteiger charge is 2.25. The molecule has 0 aliphatic rings. The Morgan fingerprint density at radius 1 is 0.688 bits per heavy atom. The third-order valence-electron chi connectivity index (χ3n) is 2.68. The molecule has 0 nitrogen and oxygen atoms in total. The van der Waals surface area contributed by atoms with Crippen LogP contribution in [0.25, 0.3) is 0 Å². The van der Waals surface area contributed by atoms with Crippen LogP contribution in [0, 0.1) is 0 Å². The summed E-state index contributed by atoms with van der Waals surface area (Å²) in [7, 11) is 0.345. The van der Waals surface area contributed by atoms with Gasteiger partial charge in [-0.25, -0.2) is 0 Å². The first kappa shape index (κ1) is 11.3. The summed E-state index contributed by atoms with van der Waals surface area (Å²) in [4.78, 5) is 0. The molecule has 0 heterocycles. The van der Waals surface area contributed by atoms with Gasteiger partial charge in [-0.1, -0.05) is 60.7 Å². The number of benzene rings is 2. The Bertz CT molecular complexity index is 380. The molecule has 0 N–H and O–H groups in total. The zero-order chi connectivity index (χ0) is 11.4. The fourth-order valence-corrected chi connectivity index (χ4v) is 3.40. The van der Waals surface area contributed by atoms with Crippen LogP contribution in [0.1, 0.15) is 16.4 Å². The molecular formula is C15H17S+. The smallest absolute Gasteiger partial charge is 0.0622 e. The van der Waals surface area contributed by atoms with Crippen molar-refractivity contribution >= 4 is 10.9 Å². The molecule has 2 aromatic rings. The third kappa shape index (κ3) is 2.48. The van der Waals surface area contributed by atoms with E-state index in [0.29, 0.717) is 16.1 Å². The van der Waals surface area contributed by atoms with E-state index >= 15 is 0 Å². The highest BCUT2D eigenvalue weighted by Crippen LogP contribution is 2.29.